The van der Waals surface area contributed by atoms with E-state index in [0.29, 0.717) is 22.4 Å². The first-order valence-corrected chi connectivity index (χ1v) is 6.50. The SMILES string of the molecule is COC(=O)C=C1c2ccccc2NC(=O)c2ccccc21. The van der Waals surface area contributed by atoms with Crippen molar-refractivity contribution in [1.82, 2.24) is 0 Å². The second kappa shape index (κ2) is 5.25. The molecule has 21 heavy (non-hydrogen) atoms. The molecule has 0 fully saturated rings. The number of methoxy groups -OCH3 is 1. The summed E-state index contributed by atoms with van der Waals surface area (Å²) in [7, 11) is 1.33. The van der Waals surface area contributed by atoms with Gasteiger partial charge < -0.3 is 10.1 Å². The molecule has 1 aliphatic heterocycles. The molecule has 3 rings (SSSR count). The van der Waals surface area contributed by atoms with Gasteiger partial charge >= 0.3 is 5.97 Å². The van der Waals surface area contributed by atoms with Crippen LogP contribution in [0.25, 0.3) is 5.57 Å². The number of hydrogen-bond acceptors (Lipinski definition) is 3. The van der Waals surface area contributed by atoms with E-state index in [1.54, 1.807) is 12.1 Å². The largest absolute Gasteiger partial charge is 0.466 e. The van der Waals surface area contributed by atoms with Crippen molar-refractivity contribution in [2.24, 2.45) is 0 Å². The van der Waals surface area contributed by atoms with Crippen molar-refractivity contribution in [3.63, 3.8) is 0 Å². The molecular weight excluding hydrogens is 266 g/mol. The second-order valence-corrected chi connectivity index (χ2v) is 4.63. The minimum Gasteiger partial charge on any atom is -0.466 e. The van der Waals surface area contributed by atoms with Gasteiger partial charge in [0, 0.05) is 22.9 Å². The fourth-order valence-electron chi connectivity index (χ4n) is 2.41. The topological polar surface area (TPSA) is 55.4 Å². The second-order valence-electron chi connectivity index (χ2n) is 4.63. The molecule has 1 amide bonds. The van der Waals surface area contributed by atoms with E-state index in [4.69, 9.17) is 4.74 Å². The summed E-state index contributed by atoms with van der Waals surface area (Å²) in [4.78, 5) is 24.0. The van der Waals surface area contributed by atoms with Gasteiger partial charge in [0.25, 0.3) is 5.91 Å². The summed E-state index contributed by atoms with van der Waals surface area (Å²) < 4.78 is 4.73. The summed E-state index contributed by atoms with van der Waals surface area (Å²) in [6.45, 7) is 0. The number of para-hydroxylation sites is 1. The lowest BCUT2D eigenvalue weighted by atomic mass is 9.94. The Labute approximate surface area is 122 Å². The lowest BCUT2D eigenvalue weighted by Gasteiger charge is -2.09. The molecule has 0 saturated carbocycles. The monoisotopic (exact) mass is 279 g/mol. The van der Waals surface area contributed by atoms with Gasteiger partial charge in [-0.25, -0.2) is 4.79 Å². The van der Waals surface area contributed by atoms with Gasteiger partial charge in [0.1, 0.15) is 0 Å². The molecule has 0 bridgehead atoms. The summed E-state index contributed by atoms with van der Waals surface area (Å²) in [6.07, 6.45) is 1.41. The molecule has 0 spiro atoms. The molecular formula is C17H13NO3. The normalized spacial score (nSPS) is 14.7. The maximum absolute atomic E-state index is 12.3. The number of ether oxygens (including phenoxy) is 1. The van der Waals surface area contributed by atoms with Crippen molar-refractivity contribution in [2.45, 2.75) is 0 Å². The quantitative estimate of drug-likeness (QED) is 0.645. The van der Waals surface area contributed by atoms with Crippen molar-refractivity contribution >= 4 is 23.1 Å². The number of fused-ring (bicyclic) bond motifs is 2. The highest BCUT2D eigenvalue weighted by Gasteiger charge is 2.23. The van der Waals surface area contributed by atoms with Crippen LogP contribution < -0.4 is 5.32 Å². The van der Waals surface area contributed by atoms with E-state index in [1.165, 1.54) is 13.2 Å². The molecule has 2 aromatic rings. The van der Waals surface area contributed by atoms with Crippen molar-refractivity contribution < 1.29 is 14.3 Å². The molecule has 0 atom stereocenters. The average molecular weight is 279 g/mol. The standard InChI is InChI=1S/C17H13NO3/c1-21-16(19)10-14-11-6-2-3-8-13(11)17(20)18-15-9-5-4-7-12(14)15/h2-10H,1H3,(H,18,20). The van der Waals surface area contributed by atoms with Crippen LogP contribution >= 0.6 is 0 Å². The predicted molar refractivity (Wildman–Crippen MR) is 79.9 cm³/mol. The molecule has 4 nitrogen and oxygen atoms in total. The third-order valence-electron chi connectivity index (χ3n) is 3.39. The predicted octanol–water partition coefficient (Wildman–Crippen LogP) is 2.86. The number of benzene rings is 2. The highest BCUT2D eigenvalue weighted by molar-refractivity contribution is 6.14. The van der Waals surface area contributed by atoms with Crippen molar-refractivity contribution in [3.05, 3.63) is 71.3 Å². The summed E-state index contributed by atoms with van der Waals surface area (Å²) in [5, 5.41) is 2.87. The van der Waals surface area contributed by atoms with Crippen LogP contribution in [-0.4, -0.2) is 19.0 Å². The van der Waals surface area contributed by atoms with Gasteiger partial charge in [-0.15, -0.1) is 0 Å². The lowest BCUT2D eigenvalue weighted by molar-refractivity contribution is -0.134. The van der Waals surface area contributed by atoms with Crippen molar-refractivity contribution in [2.75, 3.05) is 12.4 Å². The summed E-state index contributed by atoms with van der Waals surface area (Å²) in [6, 6.07) is 14.6. The van der Waals surface area contributed by atoms with Crippen LogP contribution in [-0.2, 0) is 9.53 Å². The Morgan fingerprint density at radius 2 is 1.62 bits per heavy atom. The van der Waals surface area contributed by atoms with Crippen LogP contribution in [0, 0.1) is 0 Å². The molecule has 0 aromatic heterocycles. The van der Waals surface area contributed by atoms with Crippen LogP contribution in [0.15, 0.2) is 54.6 Å². The van der Waals surface area contributed by atoms with E-state index < -0.39 is 5.97 Å². The van der Waals surface area contributed by atoms with Gasteiger partial charge in [-0.1, -0.05) is 36.4 Å². The first kappa shape index (κ1) is 13.1. The van der Waals surface area contributed by atoms with E-state index in [9.17, 15) is 9.59 Å². The van der Waals surface area contributed by atoms with Crippen molar-refractivity contribution in [3.8, 4) is 0 Å². The Hall–Kier alpha value is -2.88. The smallest absolute Gasteiger partial charge is 0.331 e. The average Bonchev–Trinajstić information content (AvgIpc) is 2.63. The maximum atomic E-state index is 12.3. The van der Waals surface area contributed by atoms with Gasteiger partial charge in [-0.05, 0) is 23.3 Å². The number of esters is 1. The van der Waals surface area contributed by atoms with Crippen LogP contribution in [0.4, 0.5) is 5.69 Å². The van der Waals surface area contributed by atoms with Gasteiger partial charge in [-0.2, -0.15) is 0 Å². The minimum atomic E-state index is -0.455. The van der Waals surface area contributed by atoms with Gasteiger partial charge in [-0.3, -0.25) is 4.79 Å². The van der Waals surface area contributed by atoms with E-state index in [1.807, 2.05) is 36.4 Å². The lowest BCUT2D eigenvalue weighted by Crippen LogP contribution is -2.11. The number of nitrogens with one attached hydrogen (secondary N) is 1. The first-order chi connectivity index (χ1) is 10.2. The van der Waals surface area contributed by atoms with Crippen LogP contribution in [0.2, 0.25) is 0 Å². The zero-order valence-corrected chi connectivity index (χ0v) is 11.4. The molecule has 2 aromatic carbocycles. The van der Waals surface area contributed by atoms with E-state index in [-0.39, 0.29) is 5.91 Å². The van der Waals surface area contributed by atoms with Gasteiger partial charge in [0.05, 0.1) is 7.11 Å². The van der Waals surface area contributed by atoms with Gasteiger partial charge in [0.15, 0.2) is 0 Å². The highest BCUT2D eigenvalue weighted by atomic mass is 16.5. The van der Waals surface area contributed by atoms with E-state index in [2.05, 4.69) is 5.32 Å². The maximum Gasteiger partial charge on any atom is 0.331 e. The summed E-state index contributed by atoms with van der Waals surface area (Å²) >= 11 is 0. The third kappa shape index (κ3) is 2.31. The number of anilines is 1. The zero-order valence-electron chi connectivity index (χ0n) is 11.4. The Morgan fingerprint density at radius 1 is 1.00 bits per heavy atom. The van der Waals surface area contributed by atoms with Gasteiger partial charge in [0.2, 0.25) is 0 Å². The fourth-order valence-corrected chi connectivity index (χ4v) is 2.41. The van der Waals surface area contributed by atoms with E-state index >= 15 is 0 Å². The first-order valence-electron chi connectivity index (χ1n) is 6.50. The molecule has 1 N–H and O–H groups in total. The number of hydrogen-bond donors (Lipinski definition) is 1. The summed E-state index contributed by atoms with van der Waals surface area (Å²) in [5.74, 6) is -0.643. The molecule has 1 heterocycles. The van der Waals surface area contributed by atoms with Crippen LogP contribution in [0.5, 0.6) is 0 Å². The molecule has 104 valence electrons. The molecule has 0 unspecified atom stereocenters. The Morgan fingerprint density at radius 3 is 2.33 bits per heavy atom. The number of rotatable bonds is 1. The molecule has 0 radical (unpaired) electrons. The molecule has 1 aliphatic rings. The molecule has 4 heteroatoms. The highest BCUT2D eigenvalue weighted by Crippen LogP contribution is 2.34. The van der Waals surface area contributed by atoms with Crippen LogP contribution in [0.1, 0.15) is 21.5 Å². The fraction of sp³-hybridized carbons (Fsp3) is 0.0588. The summed E-state index contributed by atoms with van der Waals surface area (Å²) in [5.41, 5.74) is 3.38. The molecule has 0 saturated heterocycles. The van der Waals surface area contributed by atoms with Crippen molar-refractivity contribution in [1.29, 1.82) is 0 Å². The number of carbonyl (C=O) groups is 2. The number of carbonyl (C=O) groups excluding carboxylic acids is 2. The third-order valence-corrected chi connectivity index (χ3v) is 3.39. The Balaban J connectivity index is 2.31. The Bertz CT molecular complexity index is 762. The minimum absolute atomic E-state index is 0.189. The zero-order chi connectivity index (χ0) is 14.8. The van der Waals surface area contributed by atoms with E-state index in [0.717, 1.165) is 5.56 Å². The molecule has 0 aliphatic carbocycles. The number of amides is 1. The Kier molecular flexibility index (Phi) is 3.28. The van der Waals surface area contributed by atoms with Crippen LogP contribution in [0.3, 0.4) is 0 Å².